The Labute approximate surface area is 196 Å². The minimum absolute atomic E-state index is 0.0391. The molecule has 2 heterocycles. The average molecular weight is 474 g/mol. The Bertz CT molecular complexity index is 1040. The molecule has 4 rings (SSSR count). The van der Waals surface area contributed by atoms with E-state index in [-0.39, 0.29) is 23.2 Å². The fraction of sp³-hybridized carbons (Fsp3) is 0.542. The number of urea groups is 1. The first-order valence-corrected chi connectivity index (χ1v) is 14.2. The van der Waals surface area contributed by atoms with Crippen LogP contribution in [-0.4, -0.2) is 62.2 Å². The summed E-state index contributed by atoms with van der Waals surface area (Å²) in [5.41, 5.74) is 1.79. The van der Waals surface area contributed by atoms with Crippen molar-refractivity contribution in [2.24, 2.45) is 0 Å². The van der Waals surface area contributed by atoms with Crippen molar-refractivity contribution in [2.45, 2.75) is 56.0 Å². The third kappa shape index (κ3) is 4.01. The van der Waals surface area contributed by atoms with Crippen molar-refractivity contribution in [3.8, 4) is 0 Å². The molecule has 1 atom stereocenters. The first-order valence-electron chi connectivity index (χ1n) is 11.3. The predicted octanol–water partition coefficient (Wildman–Crippen LogP) is 3.46. The van der Waals surface area contributed by atoms with Gasteiger partial charge in [-0.15, -0.1) is 0 Å². The number of amides is 3. The maximum Gasteiger partial charge on any atom is 0.318 e. The summed E-state index contributed by atoms with van der Waals surface area (Å²) in [5, 5.41) is 23.8. The van der Waals surface area contributed by atoms with Crippen molar-refractivity contribution < 1.29 is 14.7 Å². The van der Waals surface area contributed by atoms with E-state index in [0.29, 0.717) is 12.4 Å². The summed E-state index contributed by atoms with van der Waals surface area (Å²) in [6.45, 7) is 4.34. The number of H-pyrrole nitrogens is 1. The molecule has 2 aromatic rings. The number of fused-ring (bicyclic) bond motifs is 1. The molecular weight excluding hydrogens is 438 g/mol. The van der Waals surface area contributed by atoms with Crippen LogP contribution in [0.1, 0.15) is 56.0 Å². The van der Waals surface area contributed by atoms with Crippen LogP contribution in [0, 0.1) is 0 Å². The van der Waals surface area contributed by atoms with Gasteiger partial charge in [0, 0.05) is 12.1 Å². The van der Waals surface area contributed by atoms with Crippen molar-refractivity contribution in [1.82, 2.24) is 20.4 Å². The molecule has 0 spiro atoms. The number of benzene rings is 1. The highest BCUT2D eigenvalue weighted by molar-refractivity contribution is 8.33. The first-order chi connectivity index (χ1) is 15.5. The lowest BCUT2D eigenvalue weighted by Gasteiger charge is -2.53. The molecule has 9 heteroatoms. The van der Waals surface area contributed by atoms with Gasteiger partial charge in [-0.25, -0.2) is 14.8 Å². The fourth-order valence-electron chi connectivity index (χ4n) is 4.85. The minimum atomic E-state index is -1.08. The van der Waals surface area contributed by atoms with E-state index in [9.17, 15) is 14.7 Å². The SMILES string of the molecule is CC1(C)c2[nH]nc(NC(=O)C3(S(C)(C)C)CCC3)c2CN1C(=O)NCC(O)c1ccccc1. The number of carbonyl (C=O) groups excluding carboxylic acids is 2. The van der Waals surface area contributed by atoms with Crippen molar-refractivity contribution in [3.63, 3.8) is 0 Å². The summed E-state index contributed by atoms with van der Waals surface area (Å²) in [5.74, 6) is 0.551. The highest BCUT2D eigenvalue weighted by Gasteiger charge is 2.51. The number of hydrogen-bond acceptors (Lipinski definition) is 4. The lowest BCUT2D eigenvalue weighted by atomic mass is 9.83. The van der Waals surface area contributed by atoms with Crippen molar-refractivity contribution in [3.05, 3.63) is 47.2 Å². The van der Waals surface area contributed by atoms with E-state index in [0.717, 1.165) is 36.1 Å². The Morgan fingerprint density at radius 3 is 2.45 bits per heavy atom. The van der Waals surface area contributed by atoms with E-state index in [1.54, 1.807) is 4.90 Å². The van der Waals surface area contributed by atoms with Crippen LogP contribution in [0.5, 0.6) is 0 Å². The van der Waals surface area contributed by atoms with Crippen LogP contribution in [0.3, 0.4) is 0 Å². The summed E-state index contributed by atoms with van der Waals surface area (Å²) in [6.07, 6.45) is 8.70. The molecule has 8 nitrogen and oxygen atoms in total. The Kier molecular flexibility index (Phi) is 5.99. The van der Waals surface area contributed by atoms with E-state index in [1.807, 2.05) is 44.2 Å². The molecule has 1 aromatic heterocycles. The summed E-state index contributed by atoms with van der Waals surface area (Å²) in [7, 11) is -1.08. The summed E-state index contributed by atoms with van der Waals surface area (Å²) < 4.78 is -0.308. The molecule has 0 saturated heterocycles. The Hall–Kier alpha value is -2.52. The zero-order valence-corrected chi connectivity index (χ0v) is 20.9. The quantitative estimate of drug-likeness (QED) is 0.515. The Morgan fingerprint density at radius 1 is 1.21 bits per heavy atom. The van der Waals surface area contributed by atoms with Gasteiger partial charge in [-0.2, -0.15) is 5.10 Å². The third-order valence-corrected chi connectivity index (χ3v) is 10.3. The van der Waals surface area contributed by atoms with Gasteiger partial charge in [0.15, 0.2) is 5.82 Å². The Balaban J connectivity index is 1.45. The van der Waals surface area contributed by atoms with E-state index in [4.69, 9.17) is 0 Å². The van der Waals surface area contributed by atoms with E-state index >= 15 is 0 Å². The predicted molar refractivity (Wildman–Crippen MR) is 133 cm³/mol. The zero-order valence-electron chi connectivity index (χ0n) is 20.1. The van der Waals surface area contributed by atoms with Gasteiger partial charge in [-0.3, -0.25) is 9.89 Å². The van der Waals surface area contributed by atoms with Crippen LogP contribution in [0.15, 0.2) is 30.3 Å². The average Bonchev–Trinajstić information content (AvgIpc) is 3.22. The number of aliphatic hydroxyl groups excluding tert-OH is 1. The smallest absolute Gasteiger partial charge is 0.318 e. The molecule has 33 heavy (non-hydrogen) atoms. The van der Waals surface area contributed by atoms with E-state index < -0.39 is 21.7 Å². The van der Waals surface area contributed by atoms with Crippen LogP contribution < -0.4 is 10.6 Å². The maximum absolute atomic E-state index is 13.3. The fourth-order valence-corrected chi connectivity index (χ4v) is 6.97. The molecule has 3 amide bonds. The van der Waals surface area contributed by atoms with Gasteiger partial charge >= 0.3 is 6.03 Å². The minimum Gasteiger partial charge on any atom is -0.387 e. The lowest BCUT2D eigenvalue weighted by Crippen LogP contribution is -2.51. The van der Waals surface area contributed by atoms with E-state index in [1.165, 1.54) is 0 Å². The van der Waals surface area contributed by atoms with E-state index in [2.05, 4.69) is 39.6 Å². The number of rotatable bonds is 6. The largest absolute Gasteiger partial charge is 0.387 e. The van der Waals surface area contributed by atoms with Crippen molar-refractivity contribution in [1.29, 1.82) is 0 Å². The van der Waals surface area contributed by atoms with Gasteiger partial charge < -0.3 is 20.6 Å². The summed E-state index contributed by atoms with van der Waals surface area (Å²) in [6, 6.07) is 8.98. The number of aromatic nitrogens is 2. The molecule has 0 radical (unpaired) electrons. The normalized spacial score (nSPS) is 19.9. The molecule has 2 aliphatic rings. The third-order valence-electron chi connectivity index (χ3n) is 7.33. The second kappa shape index (κ2) is 8.36. The van der Waals surface area contributed by atoms with Gasteiger partial charge in [0.1, 0.15) is 0 Å². The van der Waals surface area contributed by atoms with Gasteiger partial charge in [0.2, 0.25) is 5.91 Å². The molecule has 1 aliphatic heterocycles. The number of carbonyl (C=O) groups is 2. The highest BCUT2D eigenvalue weighted by atomic mass is 32.3. The first kappa shape index (κ1) is 23.6. The second-order valence-electron chi connectivity index (χ2n) is 10.3. The number of aromatic amines is 1. The van der Waals surface area contributed by atoms with Crippen LogP contribution in [-0.2, 0) is 16.9 Å². The number of anilines is 1. The molecule has 1 unspecified atom stereocenters. The lowest BCUT2D eigenvalue weighted by molar-refractivity contribution is -0.120. The summed E-state index contributed by atoms with van der Waals surface area (Å²) >= 11 is 0. The topological polar surface area (TPSA) is 110 Å². The highest BCUT2D eigenvalue weighted by Crippen LogP contribution is 2.60. The maximum atomic E-state index is 13.3. The molecule has 180 valence electrons. The molecule has 1 aliphatic carbocycles. The van der Waals surface area contributed by atoms with Gasteiger partial charge in [0.25, 0.3) is 0 Å². The molecule has 1 aromatic carbocycles. The monoisotopic (exact) mass is 473 g/mol. The molecule has 1 saturated carbocycles. The standard InChI is InChI=1S/C24H35N5O3S/c1-23(2)19-17(15-29(23)22(32)25-14-18(30)16-10-7-6-8-11-16)20(28-27-19)26-21(31)24(12-9-13-24)33(3,4)5/h6-8,10-11,18,30H,9,12-15H2,1-5H3,(H,25,32)(H2,26,27,28,31). The van der Waals surface area contributed by atoms with Gasteiger partial charge in [0.05, 0.1) is 28.6 Å². The van der Waals surface area contributed by atoms with Crippen molar-refractivity contribution in [2.75, 3.05) is 30.6 Å². The number of aliphatic hydroxyl groups is 1. The number of hydrogen-bond donors (Lipinski definition) is 4. The van der Waals surface area contributed by atoms with Crippen molar-refractivity contribution >= 4 is 27.8 Å². The zero-order chi connectivity index (χ0) is 24.0. The van der Waals surface area contributed by atoms with Crippen LogP contribution in [0.4, 0.5) is 10.6 Å². The number of nitrogens with zero attached hydrogens (tertiary/aromatic N) is 2. The second-order valence-corrected chi connectivity index (χ2v) is 14.8. The molecule has 0 bridgehead atoms. The van der Waals surface area contributed by atoms with Gasteiger partial charge in [-0.05, 0) is 57.4 Å². The molecule has 1 fully saturated rings. The van der Waals surface area contributed by atoms with Gasteiger partial charge in [-0.1, -0.05) is 30.3 Å². The molecular formula is C24H35N5O3S. The Morgan fingerprint density at radius 2 is 1.88 bits per heavy atom. The number of nitrogens with one attached hydrogen (secondary N) is 3. The van der Waals surface area contributed by atoms with Crippen LogP contribution >= 0.6 is 10.0 Å². The van der Waals surface area contributed by atoms with Crippen LogP contribution in [0.2, 0.25) is 0 Å². The van der Waals surface area contributed by atoms with Crippen LogP contribution in [0.25, 0.3) is 0 Å². The summed E-state index contributed by atoms with van der Waals surface area (Å²) in [4.78, 5) is 28.0. The molecule has 4 N–H and O–H groups in total.